The highest BCUT2D eigenvalue weighted by molar-refractivity contribution is 5.91. The van der Waals surface area contributed by atoms with Gasteiger partial charge in [-0.2, -0.15) is 0 Å². The molecule has 2 unspecified atom stereocenters. The number of nitrogens with zero attached hydrogens (tertiary/aromatic N) is 1. The van der Waals surface area contributed by atoms with E-state index in [4.69, 9.17) is 4.42 Å². The third kappa shape index (κ3) is 2.52. The van der Waals surface area contributed by atoms with E-state index in [2.05, 4.69) is 0 Å². The second-order valence-corrected chi connectivity index (χ2v) is 4.70. The summed E-state index contributed by atoms with van der Waals surface area (Å²) in [5.41, 5.74) is 0. The number of aryl methyl sites for hydroxylation is 1. The summed E-state index contributed by atoms with van der Waals surface area (Å²) in [5, 5.41) is 9.63. The quantitative estimate of drug-likeness (QED) is 0.851. The predicted molar refractivity (Wildman–Crippen MR) is 63.8 cm³/mol. The molecule has 1 aromatic heterocycles. The van der Waals surface area contributed by atoms with Crippen molar-refractivity contribution in [1.29, 1.82) is 0 Å². The predicted octanol–water partition coefficient (Wildman–Crippen LogP) is 1.68. The minimum atomic E-state index is -0.290. The molecule has 0 aromatic carbocycles. The third-order valence-electron chi connectivity index (χ3n) is 3.37. The van der Waals surface area contributed by atoms with Crippen LogP contribution in [0, 0.1) is 5.92 Å². The van der Waals surface area contributed by atoms with Gasteiger partial charge >= 0.3 is 0 Å². The first-order chi connectivity index (χ1) is 8.11. The fourth-order valence-electron chi connectivity index (χ4n) is 2.16. The number of amides is 1. The number of rotatable bonds is 2. The lowest BCUT2D eigenvalue weighted by molar-refractivity contribution is 0.0278. The van der Waals surface area contributed by atoms with E-state index in [1.165, 1.54) is 0 Å². The molecule has 17 heavy (non-hydrogen) atoms. The van der Waals surface area contributed by atoms with E-state index < -0.39 is 0 Å². The first kappa shape index (κ1) is 12.2. The van der Waals surface area contributed by atoms with Gasteiger partial charge in [-0.25, -0.2) is 0 Å². The van der Waals surface area contributed by atoms with Crippen LogP contribution in [0.25, 0.3) is 0 Å². The zero-order chi connectivity index (χ0) is 12.4. The molecule has 1 aliphatic rings. The van der Waals surface area contributed by atoms with Crippen molar-refractivity contribution in [3.8, 4) is 0 Å². The molecule has 4 heteroatoms. The second-order valence-electron chi connectivity index (χ2n) is 4.70. The zero-order valence-corrected chi connectivity index (χ0v) is 10.3. The summed E-state index contributed by atoms with van der Waals surface area (Å²) in [6, 6.07) is 3.58. The van der Waals surface area contributed by atoms with Crippen molar-refractivity contribution in [3.63, 3.8) is 0 Å². The fraction of sp³-hybridized carbons (Fsp3) is 0.615. The Morgan fingerprint density at radius 3 is 2.94 bits per heavy atom. The van der Waals surface area contributed by atoms with E-state index in [1.807, 2.05) is 19.9 Å². The van der Waals surface area contributed by atoms with Gasteiger partial charge in [0.05, 0.1) is 6.10 Å². The molecule has 0 bridgehead atoms. The minimum Gasteiger partial charge on any atom is -0.456 e. The van der Waals surface area contributed by atoms with Crippen LogP contribution in [-0.2, 0) is 6.42 Å². The summed E-state index contributed by atoms with van der Waals surface area (Å²) in [7, 11) is 0. The molecule has 0 aliphatic carbocycles. The number of carbonyl (C=O) groups is 1. The van der Waals surface area contributed by atoms with Crippen LogP contribution in [0.2, 0.25) is 0 Å². The molecule has 1 aliphatic heterocycles. The SMILES string of the molecule is CCc1ccc(C(=O)N2CCC(O)C(C)C2)o1. The molecular formula is C13H19NO3. The highest BCUT2D eigenvalue weighted by atomic mass is 16.4. The number of hydrogen-bond donors (Lipinski definition) is 1. The van der Waals surface area contributed by atoms with Gasteiger partial charge in [-0.15, -0.1) is 0 Å². The van der Waals surface area contributed by atoms with Gasteiger partial charge in [-0.1, -0.05) is 13.8 Å². The molecule has 94 valence electrons. The number of furan rings is 1. The van der Waals surface area contributed by atoms with E-state index in [-0.39, 0.29) is 17.9 Å². The Balaban J connectivity index is 2.05. The van der Waals surface area contributed by atoms with E-state index in [9.17, 15) is 9.90 Å². The molecule has 0 spiro atoms. The summed E-state index contributed by atoms with van der Waals surface area (Å²) in [6.07, 6.45) is 1.15. The van der Waals surface area contributed by atoms with E-state index in [0.29, 0.717) is 25.3 Å². The van der Waals surface area contributed by atoms with Crippen LogP contribution in [0.5, 0.6) is 0 Å². The molecular weight excluding hydrogens is 218 g/mol. The van der Waals surface area contributed by atoms with Gasteiger partial charge in [0, 0.05) is 19.5 Å². The maximum absolute atomic E-state index is 12.1. The van der Waals surface area contributed by atoms with Crippen molar-refractivity contribution in [2.24, 2.45) is 5.92 Å². The number of hydrogen-bond acceptors (Lipinski definition) is 3. The molecule has 0 radical (unpaired) electrons. The Labute approximate surface area is 101 Å². The molecule has 1 amide bonds. The summed E-state index contributed by atoms with van der Waals surface area (Å²) in [4.78, 5) is 13.9. The summed E-state index contributed by atoms with van der Waals surface area (Å²) in [5.74, 6) is 1.31. The van der Waals surface area contributed by atoms with E-state index >= 15 is 0 Å². The summed E-state index contributed by atoms with van der Waals surface area (Å²) in [6.45, 7) is 5.16. The molecule has 1 fully saturated rings. The van der Waals surface area contributed by atoms with Crippen molar-refractivity contribution in [2.75, 3.05) is 13.1 Å². The Bertz CT molecular complexity index is 399. The number of carbonyl (C=O) groups excluding carboxylic acids is 1. The van der Waals surface area contributed by atoms with Crippen LogP contribution in [-0.4, -0.2) is 35.1 Å². The topological polar surface area (TPSA) is 53.7 Å². The van der Waals surface area contributed by atoms with E-state index in [0.717, 1.165) is 12.2 Å². The first-order valence-corrected chi connectivity index (χ1v) is 6.18. The Hall–Kier alpha value is -1.29. The van der Waals surface area contributed by atoms with Gasteiger partial charge < -0.3 is 14.4 Å². The molecule has 1 aromatic rings. The van der Waals surface area contributed by atoms with Crippen LogP contribution in [0.15, 0.2) is 16.5 Å². The largest absolute Gasteiger partial charge is 0.456 e. The Kier molecular flexibility index (Phi) is 3.52. The second kappa shape index (κ2) is 4.92. The average molecular weight is 237 g/mol. The van der Waals surface area contributed by atoms with Gasteiger partial charge in [-0.05, 0) is 24.5 Å². The number of likely N-dealkylation sites (tertiary alicyclic amines) is 1. The zero-order valence-electron chi connectivity index (χ0n) is 10.3. The molecule has 2 rings (SSSR count). The van der Waals surface area contributed by atoms with Crippen LogP contribution >= 0.6 is 0 Å². The molecule has 2 heterocycles. The van der Waals surface area contributed by atoms with Crippen molar-refractivity contribution in [1.82, 2.24) is 4.90 Å². The highest BCUT2D eigenvalue weighted by Gasteiger charge is 2.28. The third-order valence-corrected chi connectivity index (χ3v) is 3.37. The normalized spacial score (nSPS) is 25.0. The molecule has 0 saturated carbocycles. The smallest absolute Gasteiger partial charge is 0.289 e. The lowest BCUT2D eigenvalue weighted by atomic mass is 9.96. The first-order valence-electron chi connectivity index (χ1n) is 6.18. The van der Waals surface area contributed by atoms with Gasteiger partial charge in [0.1, 0.15) is 5.76 Å². The fourth-order valence-corrected chi connectivity index (χ4v) is 2.16. The maximum Gasteiger partial charge on any atom is 0.289 e. The number of piperidine rings is 1. The average Bonchev–Trinajstić information content (AvgIpc) is 2.80. The summed E-state index contributed by atoms with van der Waals surface area (Å²) < 4.78 is 5.46. The molecule has 1 saturated heterocycles. The van der Waals surface area contributed by atoms with Crippen molar-refractivity contribution in [2.45, 2.75) is 32.8 Å². The van der Waals surface area contributed by atoms with Crippen LogP contribution in [0.1, 0.15) is 36.6 Å². The van der Waals surface area contributed by atoms with Crippen LogP contribution in [0.4, 0.5) is 0 Å². The van der Waals surface area contributed by atoms with E-state index in [1.54, 1.807) is 11.0 Å². The van der Waals surface area contributed by atoms with Gasteiger partial charge in [0.25, 0.3) is 5.91 Å². The van der Waals surface area contributed by atoms with Gasteiger partial charge in [0.15, 0.2) is 5.76 Å². The molecule has 1 N–H and O–H groups in total. The molecule has 4 nitrogen and oxygen atoms in total. The van der Waals surface area contributed by atoms with Crippen LogP contribution in [0.3, 0.4) is 0 Å². The monoisotopic (exact) mass is 237 g/mol. The van der Waals surface area contributed by atoms with Crippen molar-refractivity contribution >= 4 is 5.91 Å². The van der Waals surface area contributed by atoms with Crippen LogP contribution < -0.4 is 0 Å². The summed E-state index contributed by atoms with van der Waals surface area (Å²) >= 11 is 0. The van der Waals surface area contributed by atoms with Crippen molar-refractivity contribution < 1.29 is 14.3 Å². The highest BCUT2D eigenvalue weighted by Crippen LogP contribution is 2.19. The lowest BCUT2D eigenvalue weighted by Crippen LogP contribution is -2.44. The molecule has 2 atom stereocenters. The van der Waals surface area contributed by atoms with Gasteiger partial charge in [0.2, 0.25) is 0 Å². The minimum absolute atomic E-state index is 0.0662. The Morgan fingerprint density at radius 1 is 1.59 bits per heavy atom. The van der Waals surface area contributed by atoms with Gasteiger partial charge in [-0.3, -0.25) is 4.79 Å². The lowest BCUT2D eigenvalue weighted by Gasteiger charge is -2.33. The Morgan fingerprint density at radius 2 is 2.35 bits per heavy atom. The standard InChI is InChI=1S/C13H19NO3/c1-3-10-4-5-12(17-10)13(16)14-7-6-11(15)9(2)8-14/h4-5,9,11,15H,3,6-8H2,1-2H3. The maximum atomic E-state index is 12.1. The number of aliphatic hydroxyl groups excluding tert-OH is 1. The van der Waals surface area contributed by atoms with Crippen molar-refractivity contribution in [3.05, 3.63) is 23.7 Å². The number of aliphatic hydroxyl groups is 1.